The van der Waals surface area contributed by atoms with Gasteiger partial charge in [0.05, 0.1) is 12.4 Å². The van der Waals surface area contributed by atoms with Gasteiger partial charge in [-0.25, -0.2) is 9.97 Å². The van der Waals surface area contributed by atoms with E-state index in [1.54, 1.807) is 24.7 Å². The SMILES string of the molecule is CC[C@H]1O[C@@H](n2cnc3c(=O)[nH]c(C)nc32)C(O[Si](C)(C)C(C)(C)C)[C@H]1OC(C)=S. The number of hydrogen-bond donors (Lipinski definition) is 1. The molecule has 10 heteroatoms. The van der Waals surface area contributed by atoms with E-state index in [9.17, 15) is 4.79 Å². The van der Waals surface area contributed by atoms with E-state index >= 15 is 0 Å². The van der Waals surface area contributed by atoms with Gasteiger partial charge >= 0.3 is 0 Å². The second-order valence-corrected chi connectivity index (χ2v) is 14.7. The third kappa shape index (κ3) is 4.23. The molecule has 1 fully saturated rings. The zero-order valence-corrected chi connectivity index (χ0v) is 20.8. The summed E-state index contributed by atoms with van der Waals surface area (Å²) in [5.74, 6) is 0.517. The van der Waals surface area contributed by atoms with Gasteiger partial charge in [-0.1, -0.05) is 27.7 Å². The van der Waals surface area contributed by atoms with E-state index in [4.69, 9.17) is 26.1 Å². The number of ether oxygens (including phenoxy) is 2. The summed E-state index contributed by atoms with van der Waals surface area (Å²) in [6, 6.07) is 0. The Balaban J connectivity index is 2.11. The highest BCUT2D eigenvalue weighted by molar-refractivity contribution is 7.80. The van der Waals surface area contributed by atoms with Gasteiger partial charge in [-0.05, 0) is 43.7 Å². The van der Waals surface area contributed by atoms with Crippen LogP contribution in [0, 0.1) is 6.92 Å². The number of aromatic nitrogens is 4. The predicted octanol–water partition coefficient (Wildman–Crippen LogP) is 3.86. The number of imidazole rings is 1. The number of aryl methyl sites for hydroxylation is 1. The molecule has 1 aliphatic heterocycles. The van der Waals surface area contributed by atoms with Crippen molar-refractivity contribution in [3.63, 3.8) is 0 Å². The summed E-state index contributed by atoms with van der Waals surface area (Å²) in [6.07, 6.45) is 0.837. The highest BCUT2D eigenvalue weighted by Gasteiger charge is 2.52. The Bertz CT molecular complexity index is 997. The largest absolute Gasteiger partial charge is 0.479 e. The van der Waals surface area contributed by atoms with Crippen LogP contribution in [0.25, 0.3) is 11.2 Å². The van der Waals surface area contributed by atoms with Crippen molar-refractivity contribution in [1.82, 2.24) is 19.5 Å². The molecule has 30 heavy (non-hydrogen) atoms. The summed E-state index contributed by atoms with van der Waals surface area (Å²) in [4.78, 5) is 23.8. The van der Waals surface area contributed by atoms with Crippen LogP contribution in [-0.2, 0) is 13.9 Å². The molecule has 0 bridgehead atoms. The number of nitrogens with zero attached hydrogens (tertiary/aromatic N) is 3. The van der Waals surface area contributed by atoms with Crippen LogP contribution < -0.4 is 5.56 Å². The van der Waals surface area contributed by atoms with Crippen molar-refractivity contribution in [1.29, 1.82) is 0 Å². The Morgan fingerprint density at radius 3 is 2.60 bits per heavy atom. The first-order valence-corrected chi connectivity index (χ1v) is 13.6. The van der Waals surface area contributed by atoms with E-state index in [-0.39, 0.29) is 28.3 Å². The van der Waals surface area contributed by atoms with Crippen LogP contribution in [0.15, 0.2) is 11.1 Å². The first-order chi connectivity index (χ1) is 13.9. The molecule has 2 aromatic heterocycles. The molecular weight excluding hydrogens is 420 g/mol. The summed E-state index contributed by atoms with van der Waals surface area (Å²) in [5.41, 5.74) is 0.476. The van der Waals surface area contributed by atoms with Gasteiger partial charge in [-0.3, -0.25) is 9.36 Å². The van der Waals surface area contributed by atoms with E-state index in [2.05, 4.69) is 48.8 Å². The predicted molar refractivity (Wildman–Crippen MR) is 122 cm³/mol. The zero-order valence-electron chi connectivity index (χ0n) is 19.0. The van der Waals surface area contributed by atoms with Crippen LogP contribution in [0.4, 0.5) is 0 Å². The minimum absolute atomic E-state index is 0.00210. The van der Waals surface area contributed by atoms with Crippen molar-refractivity contribution >= 4 is 36.7 Å². The van der Waals surface area contributed by atoms with E-state index < -0.39 is 20.6 Å². The lowest BCUT2D eigenvalue weighted by Gasteiger charge is -2.40. The normalized spacial score (nSPS) is 25.1. The van der Waals surface area contributed by atoms with Gasteiger partial charge in [-0.2, -0.15) is 0 Å². The second kappa shape index (κ2) is 8.14. The average Bonchev–Trinajstić information content (AvgIpc) is 3.15. The van der Waals surface area contributed by atoms with Gasteiger partial charge in [0.25, 0.3) is 5.56 Å². The Morgan fingerprint density at radius 1 is 1.37 bits per heavy atom. The monoisotopic (exact) mass is 452 g/mol. The highest BCUT2D eigenvalue weighted by atomic mass is 32.1. The molecule has 0 spiro atoms. The Labute approximate surface area is 183 Å². The molecule has 4 atom stereocenters. The molecular formula is C20H32N4O4SSi. The van der Waals surface area contributed by atoms with Crippen LogP contribution in [0.2, 0.25) is 18.1 Å². The molecule has 166 valence electrons. The Hall–Kier alpha value is -1.62. The minimum Gasteiger partial charge on any atom is -0.479 e. The van der Waals surface area contributed by atoms with Gasteiger partial charge in [0.2, 0.25) is 0 Å². The summed E-state index contributed by atoms with van der Waals surface area (Å²) in [7, 11) is -2.17. The molecule has 0 aromatic carbocycles. The van der Waals surface area contributed by atoms with Crippen molar-refractivity contribution in [3.05, 3.63) is 22.5 Å². The molecule has 0 saturated carbocycles. The molecule has 1 saturated heterocycles. The van der Waals surface area contributed by atoms with E-state index in [0.717, 1.165) is 6.42 Å². The number of nitrogens with one attached hydrogen (secondary N) is 1. The fourth-order valence-electron chi connectivity index (χ4n) is 3.46. The first kappa shape index (κ1) is 23.0. The molecule has 3 rings (SSSR count). The molecule has 2 aromatic rings. The summed E-state index contributed by atoms with van der Waals surface area (Å²) >= 11 is 5.25. The topological polar surface area (TPSA) is 91.3 Å². The number of thiocarbonyl (C=S) groups is 1. The van der Waals surface area contributed by atoms with E-state index in [1.165, 1.54) is 0 Å². The molecule has 0 radical (unpaired) electrons. The Morgan fingerprint density at radius 2 is 2.03 bits per heavy atom. The van der Waals surface area contributed by atoms with Crippen LogP contribution in [0.5, 0.6) is 0 Å². The van der Waals surface area contributed by atoms with Crippen LogP contribution in [0.1, 0.15) is 53.1 Å². The fraction of sp³-hybridized carbons (Fsp3) is 0.700. The molecule has 1 unspecified atom stereocenters. The number of aromatic amines is 1. The lowest BCUT2D eigenvalue weighted by molar-refractivity contribution is -0.0324. The number of H-pyrrole nitrogens is 1. The van der Waals surface area contributed by atoms with Crippen molar-refractivity contribution in [2.75, 3.05) is 0 Å². The highest BCUT2D eigenvalue weighted by Crippen LogP contribution is 2.43. The lowest BCUT2D eigenvalue weighted by atomic mass is 10.1. The number of hydrogen-bond acceptors (Lipinski definition) is 7. The van der Waals surface area contributed by atoms with Gasteiger partial charge < -0.3 is 18.9 Å². The van der Waals surface area contributed by atoms with Crippen molar-refractivity contribution in [2.45, 2.75) is 90.6 Å². The maximum absolute atomic E-state index is 12.3. The van der Waals surface area contributed by atoms with E-state index in [1.807, 2.05) is 6.92 Å². The molecule has 0 aliphatic carbocycles. The van der Waals surface area contributed by atoms with Crippen LogP contribution in [0.3, 0.4) is 0 Å². The van der Waals surface area contributed by atoms with Crippen molar-refractivity contribution in [2.24, 2.45) is 0 Å². The quantitative estimate of drug-likeness (QED) is 0.544. The molecule has 1 N–H and O–H groups in total. The number of fused-ring (bicyclic) bond motifs is 1. The number of rotatable bonds is 5. The van der Waals surface area contributed by atoms with Crippen molar-refractivity contribution < 1.29 is 13.9 Å². The maximum Gasteiger partial charge on any atom is 0.279 e. The molecule has 1 aliphatic rings. The van der Waals surface area contributed by atoms with Gasteiger partial charge in [0.1, 0.15) is 11.9 Å². The molecule has 8 nitrogen and oxygen atoms in total. The van der Waals surface area contributed by atoms with Gasteiger partial charge in [-0.15, -0.1) is 0 Å². The third-order valence-electron chi connectivity index (χ3n) is 6.05. The van der Waals surface area contributed by atoms with Crippen LogP contribution in [-0.4, -0.2) is 51.2 Å². The summed E-state index contributed by atoms with van der Waals surface area (Å²) in [5, 5.41) is 0.453. The van der Waals surface area contributed by atoms with Gasteiger partial charge in [0, 0.05) is 6.92 Å². The minimum atomic E-state index is -2.17. The maximum atomic E-state index is 12.3. The first-order valence-electron chi connectivity index (χ1n) is 10.3. The van der Waals surface area contributed by atoms with Crippen LogP contribution >= 0.6 is 12.2 Å². The summed E-state index contributed by atoms with van der Waals surface area (Å²) in [6.45, 7) is 16.5. The van der Waals surface area contributed by atoms with Crippen molar-refractivity contribution in [3.8, 4) is 0 Å². The average molecular weight is 453 g/mol. The smallest absolute Gasteiger partial charge is 0.279 e. The summed E-state index contributed by atoms with van der Waals surface area (Å²) < 4.78 is 21.1. The van der Waals surface area contributed by atoms with E-state index in [0.29, 0.717) is 16.5 Å². The Kier molecular flexibility index (Phi) is 6.25. The second-order valence-electron chi connectivity index (χ2n) is 9.37. The molecule has 3 heterocycles. The lowest BCUT2D eigenvalue weighted by Crippen LogP contribution is -2.49. The molecule has 0 amide bonds. The third-order valence-corrected chi connectivity index (χ3v) is 10.6. The standard InChI is InChI=1S/C20H32N4O4SSi/c1-9-13-15(26-12(3)29)16(28-30(7,8)20(4,5)6)19(27-13)24-10-21-14-17(24)22-11(2)23-18(14)25/h10,13,15-16,19H,9H2,1-8H3,(H,22,23,25)/t13-,15+,16?,19-/m1/s1. The zero-order chi connectivity index (χ0) is 22.4. The fourth-order valence-corrected chi connectivity index (χ4v) is 4.85. The van der Waals surface area contributed by atoms with Gasteiger partial charge in [0.15, 0.2) is 36.9 Å².